The molecule has 1 unspecified atom stereocenters. The van der Waals surface area contributed by atoms with E-state index < -0.39 is 12.0 Å². The minimum absolute atomic E-state index is 0.0970. The highest BCUT2D eigenvalue weighted by Crippen LogP contribution is 2.18. The van der Waals surface area contributed by atoms with Crippen LogP contribution in [0.25, 0.3) is 0 Å². The summed E-state index contributed by atoms with van der Waals surface area (Å²) in [4.78, 5) is 22.5. The van der Waals surface area contributed by atoms with Crippen LogP contribution in [0.5, 0.6) is 5.75 Å². The van der Waals surface area contributed by atoms with Crippen LogP contribution in [-0.4, -0.2) is 28.2 Å². The Hall–Kier alpha value is -2.83. The molecule has 0 aliphatic carbocycles. The van der Waals surface area contributed by atoms with Gasteiger partial charge >= 0.3 is 5.97 Å². The first kappa shape index (κ1) is 18.5. The molecule has 7 heteroatoms. The number of carboxylic acids is 1. The lowest BCUT2D eigenvalue weighted by Crippen LogP contribution is -2.35. The molecule has 1 aromatic carbocycles. The quantitative estimate of drug-likeness (QED) is 0.761. The van der Waals surface area contributed by atoms with E-state index in [0.29, 0.717) is 12.4 Å². The van der Waals surface area contributed by atoms with Crippen LogP contribution in [0.3, 0.4) is 0 Å². The van der Waals surface area contributed by atoms with Crippen molar-refractivity contribution in [3.05, 3.63) is 46.8 Å². The normalized spacial score (nSPS) is 11.8. The number of benzene rings is 1. The number of aromatic nitrogens is 1. The number of ether oxygens (including phenoxy) is 1. The van der Waals surface area contributed by atoms with E-state index in [1.165, 1.54) is 0 Å². The Bertz CT molecular complexity index is 717. The molecule has 0 radical (unpaired) electrons. The monoisotopic (exact) mass is 346 g/mol. The van der Waals surface area contributed by atoms with Crippen LogP contribution >= 0.6 is 0 Å². The summed E-state index contributed by atoms with van der Waals surface area (Å²) in [5.41, 5.74) is 2.56. The van der Waals surface area contributed by atoms with Gasteiger partial charge in [0.2, 0.25) is 5.91 Å². The van der Waals surface area contributed by atoms with Gasteiger partial charge in [0.15, 0.2) is 0 Å². The predicted molar refractivity (Wildman–Crippen MR) is 90.3 cm³/mol. The SMILES string of the molecule is Cc1noc(C)c1COc1ccc(CC(=O)NC(C)CC(=O)O)cc1. The molecule has 0 spiro atoms. The van der Waals surface area contributed by atoms with Crippen molar-refractivity contribution in [1.82, 2.24) is 10.5 Å². The molecule has 2 rings (SSSR count). The summed E-state index contributed by atoms with van der Waals surface area (Å²) in [6, 6.07) is 6.81. The number of aliphatic carboxylic acids is 1. The molecule has 0 bridgehead atoms. The Morgan fingerprint density at radius 2 is 1.96 bits per heavy atom. The summed E-state index contributed by atoms with van der Waals surface area (Å²) in [6.45, 7) is 5.74. The Labute approximate surface area is 146 Å². The molecular weight excluding hydrogens is 324 g/mol. The van der Waals surface area contributed by atoms with Crippen LogP contribution < -0.4 is 10.1 Å². The van der Waals surface area contributed by atoms with Crippen molar-refractivity contribution in [1.29, 1.82) is 0 Å². The molecule has 0 aliphatic heterocycles. The van der Waals surface area contributed by atoms with E-state index in [0.717, 1.165) is 22.6 Å². The van der Waals surface area contributed by atoms with Gasteiger partial charge in [-0.05, 0) is 38.5 Å². The van der Waals surface area contributed by atoms with Crippen LogP contribution in [0, 0.1) is 13.8 Å². The largest absolute Gasteiger partial charge is 0.489 e. The smallest absolute Gasteiger partial charge is 0.305 e. The molecule has 25 heavy (non-hydrogen) atoms. The summed E-state index contributed by atoms with van der Waals surface area (Å²) < 4.78 is 10.8. The van der Waals surface area contributed by atoms with E-state index in [-0.39, 0.29) is 18.7 Å². The molecule has 2 aromatic rings. The van der Waals surface area contributed by atoms with Crippen molar-refractivity contribution < 1.29 is 24.0 Å². The minimum Gasteiger partial charge on any atom is -0.489 e. The second-order valence-corrected chi connectivity index (χ2v) is 5.98. The molecule has 1 heterocycles. The first-order valence-electron chi connectivity index (χ1n) is 7.99. The van der Waals surface area contributed by atoms with E-state index >= 15 is 0 Å². The molecule has 1 amide bonds. The molecule has 7 nitrogen and oxygen atoms in total. The van der Waals surface area contributed by atoms with Gasteiger partial charge in [-0.15, -0.1) is 0 Å². The van der Waals surface area contributed by atoms with Gasteiger partial charge in [-0.3, -0.25) is 9.59 Å². The summed E-state index contributed by atoms with van der Waals surface area (Å²) in [5, 5.41) is 15.2. The van der Waals surface area contributed by atoms with E-state index in [1.807, 2.05) is 26.0 Å². The zero-order valence-corrected chi connectivity index (χ0v) is 14.5. The first-order chi connectivity index (χ1) is 11.8. The zero-order chi connectivity index (χ0) is 18.4. The van der Waals surface area contributed by atoms with E-state index in [9.17, 15) is 9.59 Å². The molecule has 0 saturated heterocycles. The Morgan fingerprint density at radius 3 is 2.52 bits per heavy atom. The Kier molecular flexibility index (Phi) is 6.16. The molecule has 134 valence electrons. The number of carboxylic acid groups (broad SMARTS) is 1. The topological polar surface area (TPSA) is 102 Å². The van der Waals surface area contributed by atoms with Gasteiger partial charge < -0.3 is 19.7 Å². The summed E-state index contributed by atoms with van der Waals surface area (Å²) >= 11 is 0. The maximum atomic E-state index is 11.9. The van der Waals surface area contributed by atoms with Crippen molar-refractivity contribution in [2.24, 2.45) is 0 Å². The fraction of sp³-hybridized carbons (Fsp3) is 0.389. The molecule has 1 aromatic heterocycles. The van der Waals surface area contributed by atoms with Crippen molar-refractivity contribution in [2.45, 2.75) is 46.3 Å². The Morgan fingerprint density at radius 1 is 1.28 bits per heavy atom. The number of aryl methyl sites for hydroxylation is 2. The van der Waals surface area contributed by atoms with Gasteiger partial charge in [0.25, 0.3) is 0 Å². The summed E-state index contributed by atoms with van der Waals surface area (Å²) in [7, 11) is 0. The lowest BCUT2D eigenvalue weighted by atomic mass is 10.1. The molecule has 1 atom stereocenters. The number of amides is 1. The van der Waals surface area contributed by atoms with Gasteiger partial charge in [-0.2, -0.15) is 0 Å². The highest BCUT2D eigenvalue weighted by Gasteiger charge is 2.12. The maximum Gasteiger partial charge on any atom is 0.305 e. The second kappa shape index (κ2) is 8.32. The van der Waals surface area contributed by atoms with Crippen LogP contribution in [-0.2, 0) is 22.6 Å². The van der Waals surface area contributed by atoms with Crippen molar-refractivity contribution in [3.63, 3.8) is 0 Å². The highest BCUT2D eigenvalue weighted by atomic mass is 16.5. The highest BCUT2D eigenvalue weighted by molar-refractivity contribution is 5.79. The van der Waals surface area contributed by atoms with Crippen LogP contribution in [0.1, 0.15) is 35.9 Å². The summed E-state index contributed by atoms with van der Waals surface area (Å²) in [6.07, 6.45) is 0.0916. The van der Waals surface area contributed by atoms with Crippen LogP contribution in [0.2, 0.25) is 0 Å². The molecular formula is C18H22N2O5. The number of hydrogen-bond donors (Lipinski definition) is 2. The summed E-state index contributed by atoms with van der Waals surface area (Å²) in [5.74, 6) is 0.274. The zero-order valence-electron chi connectivity index (χ0n) is 14.5. The van der Waals surface area contributed by atoms with E-state index in [1.54, 1.807) is 19.1 Å². The third-order valence-corrected chi connectivity index (χ3v) is 3.74. The van der Waals surface area contributed by atoms with Crippen molar-refractivity contribution in [2.75, 3.05) is 0 Å². The Balaban J connectivity index is 1.85. The third-order valence-electron chi connectivity index (χ3n) is 3.74. The van der Waals surface area contributed by atoms with Crippen LogP contribution in [0.4, 0.5) is 0 Å². The first-order valence-corrected chi connectivity index (χ1v) is 7.99. The van der Waals surface area contributed by atoms with Gasteiger partial charge in [-0.1, -0.05) is 17.3 Å². The lowest BCUT2D eigenvalue weighted by molar-refractivity contribution is -0.137. The average Bonchev–Trinajstić information content (AvgIpc) is 2.84. The van der Waals surface area contributed by atoms with Crippen molar-refractivity contribution in [3.8, 4) is 5.75 Å². The van der Waals surface area contributed by atoms with Crippen molar-refractivity contribution >= 4 is 11.9 Å². The number of carbonyl (C=O) groups is 2. The fourth-order valence-electron chi connectivity index (χ4n) is 2.39. The molecule has 0 aliphatic rings. The molecule has 0 fully saturated rings. The fourth-order valence-corrected chi connectivity index (χ4v) is 2.39. The van der Waals surface area contributed by atoms with Gasteiger partial charge in [0.05, 0.1) is 24.1 Å². The van der Waals surface area contributed by atoms with Gasteiger partial charge in [0, 0.05) is 6.04 Å². The van der Waals surface area contributed by atoms with Gasteiger partial charge in [0.1, 0.15) is 18.1 Å². The number of rotatable bonds is 8. The minimum atomic E-state index is -0.937. The second-order valence-electron chi connectivity index (χ2n) is 5.98. The third kappa shape index (κ3) is 5.63. The number of nitrogens with one attached hydrogen (secondary N) is 1. The van der Waals surface area contributed by atoms with E-state index in [2.05, 4.69) is 10.5 Å². The maximum absolute atomic E-state index is 11.9. The number of hydrogen-bond acceptors (Lipinski definition) is 5. The number of carbonyl (C=O) groups excluding carboxylic acids is 1. The standard InChI is InChI=1S/C18H22N2O5/c1-11(8-18(22)23)19-17(21)9-14-4-6-15(7-5-14)24-10-16-12(2)20-25-13(16)3/h4-7,11H,8-10H2,1-3H3,(H,19,21)(H,22,23). The number of nitrogens with zero attached hydrogens (tertiary/aromatic N) is 1. The predicted octanol–water partition coefficient (Wildman–Crippen LogP) is 2.39. The average molecular weight is 346 g/mol. The van der Waals surface area contributed by atoms with Gasteiger partial charge in [-0.25, -0.2) is 0 Å². The van der Waals surface area contributed by atoms with Crippen LogP contribution in [0.15, 0.2) is 28.8 Å². The lowest BCUT2D eigenvalue weighted by Gasteiger charge is -2.12. The van der Waals surface area contributed by atoms with E-state index in [4.69, 9.17) is 14.4 Å². The molecule has 2 N–H and O–H groups in total. The molecule has 0 saturated carbocycles.